The smallest absolute Gasteiger partial charge is 0.267 e. The van der Waals surface area contributed by atoms with Gasteiger partial charge in [0.1, 0.15) is 0 Å². The van der Waals surface area contributed by atoms with Crippen molar-refractivity contribution in [3.63, 3.8) is 0 Å². The van der Waals surface area contributed by atoms with Crippen LogP contribution in [0.4, 0.5) is 5.69 Å². The van der Waals surface area contributed by atoms with Crippen LogP contribution in [0.3, 0.4) is 0 Å². The van der Waals surface area contributed by atoms with Crippen molar-refractivity contribution in [2.45, 2.75) is 19.8 Å². The van der Waals surface area contributed by atoms with Gasteiger partial charge in [-0.1, -0.05) is 31.5 Å². The van der Waals surface area contributed by atoms with E-state index in [-0.39, 0.29) is 0 Å². The fourth-order valence-electron chi connectivity index (χ4n) is 2.71. The molecule has 0 saturated carbocycles. The van der Waals surface area contributed by atoms with E-state index >= 15 is 0 Å². The molecule has 1 aromatic rings. The van der Waals surface area contributed by atoms with Gasteiger partial charge >= 0.3 is 0 Å². The van der Waals surface area contributed by atoms with Gasteiger partial charge in [-0.15, -0.1) is 0 Å². The molecule has 1 aliphatic rings. The Morgan fingerprint density at radius 3 is 2.68 bits per heavy atom. The number of hydrogen-bond acceptors (Lipinski definition) is 4. The van der Waals surface area contributed by atoms with Crippen LogP contribution < -0.4 is 10.4 Å². The quantitative estimate of drug-likeness (QED) is 0.480. The highest BCUT2D eigenvalue weighted by Crippen LogP contribution is 2.23. The van der Waals surface area contributed by atoms with Crippen molar-refractivity contribution in [1.29, 1.82) is 0 Å². The summed E-state index contributed by atoms with van der Waals surface area (Å²) < 4.78 is 0. The van der Waals surface area contributed by atoms with E-state index in [2.05, 4.69) is 22.8 Å². The lowest BCUT2D eigenvalue weighted by Crippen LogP contribution is -2.46. The fraction of sp³-hybridized carbons (Fsp3) is 0.471. The molecule has 0 aliphatic carbocycles. The van der Waals surface area contributed by atoms with Gasteiger partial charge in [0.2, 0.25) is 0 Å². The molecule has 0 atom stereocenters. The summed E-state index contributed by atoms with van der Waals surface area (Å²) in [5.41, 5.74) is 3.75. The Bertz CT molecular complexity index is 508. The molecule has 1 amide bonds. The number of carbonyl (C=O) groups is 1. The number of hydrogen-bond donors (Lipinski definition) is 2. The molecule has 22 heavy (non-hydrogen) atoms. The molecular weight excluding hydrogens is 278 g/mol. The molecule has 2 N–H and O–H groups in total. The van der Waals surface area contributed by atoms with Gasteiger partial charge in [0, 0.05) is 37.9 Å². The van der Waals surface area contributed by atoms with Crippen LogP contribution >= 0.6 is 0 Å². The third-order valence-electron chi connectivity index (χ3n) is 4.00. The Labute approximate surface area is 132 Å². The second-order valence-corrected chi connectivity index (χ2v) is 5.55. The first kappa shape index (κ1) is 16.5. The number of unbranched alkanes of at least 4 members (excludes halogenated alkanes) is 1. The number of anilines is 1. The summed E-state index contributed by atoms with van der Waals surface area (Å²) in [6.45, 7) is 7.57. The maximum absolute atomic E-state index is 11.1. The van der Waals surface area contributed by atoms with E-state index in [9.17, 15) is 4.79 Å². The lowest BCUT2D eigenvalue weighted by atomic mass is 10.1. The van der Waals surface area contributed by atoms with Gasteiger partial charge in [-0.3, -0.25) is 14.9 Å². The van der Waals surface area contributed by atoms with Crippen molar-refractivity contribution in [3.05, 3.63) is 35.9 Å². The molecular formula is C17H25N3O2. The van der Waals surface area contributed by atoms with Gasteiger partial charge in [0.25, 0.3) is 5.91 Å². The number of para-hydroxylation sites is 1. The minimum atomic E-state index is -0.515. The number of nitrogens with zero attached hydrogens (tertiary/aromatic N) is 2. The summed E-state index contributed by atoms with van der Waals surface area (Å²) in [6.07, 6.45) is 5.58. The van der Waals surface area contributed by atoms with Gasteiger partial charge in [0.15, 0.2) is 0 Å². The Morgan fingerprint density at radius 1 is 1.27 bits per heavy atom. The SMILES string of the molecule is CCCCN1CCN(c2ccccc2C=CC(=O)NO)CC1. The Hall–Kier alpha value is -1.85. The van der Waals surface area contributed by atoms with Gasteiger partial charge < -0.3 is 4.90 Å². The highest BCUT2D eigenvalue weighted by atomic mass is 16.5. The second kappa shape index (κ2) is 8.56. The zero-order chi connectivity index (χ0) is 15.8. The van der Waals surface area contributed by atoms with Crippen molar-refractivity contribution in [3.8, 4) is 0 Å². The topological polar surface area (TPSA) is 55.8 Å². The van der Waals surface area contributed by atoms with Crippen molar-refractivity contribution >= 4 is 17.7 Å². The van der Waals surface area contributed by atoms with Crippen molar-refractivity contribution in [2.24, 2.45) is 0 Å². The number of amides is 1. The van der Waals surface area contributed by atoms with Crippen LogP contribution in [0.2, 0.25) is 0 Å². The predicted octanol–water partition coefficient (Wildman–Crippen LogP) is 2.13. The largest absolute Gasteiger partial charge is 0.368 e. The molecule has 1 aliphatic heterocycles. The molecule has 5 nitrogen and oxygen atoms in total. The summed E-state index contributed by atoms with van der Waals surface area (Å²) in [7, 11) is 0. The van der Waals surface area contributed by atoms with E-state index in [1.54, 1.807) is 11.6 Å². The molecule has 0 aromatic heterocycles. The zero-order valence-electron chi connectivity index (χ0n) is 13.2. The standard InChI is InChI=1S/C17H25N3O2/c1-2-3-10-19-11-13-20(14-12-19)16-7-5-4-6-15(16)8-9-17(21)18-22/h4-9,22H,2-3,10-14H2,1H3,(H,18,21). The maximum Gasteiger partial charge on any atom is 0.267 e. The lowest BCUT2D eigenvalue weighted by Gasteiger charge is -2.36. The minimum Gasteiger partial charge on any atom is -0.368 e. The molecule has 1 aromatic carbocycles. The van der Waals surface area contributed by atoms with E-state index in [0.717, 1.165) is 37.4 Å². The van der Waals surface area contributed by atoms with Crippen LogP contribution in [-0.4, -0.2) is 48.7 Å². The van der Waals surface area contributed by atoms with Gasteiger partial charge in [-0.25, -0.2) is 5.48 Å². The Kier molecular flexibility index (Phi) is 6.43. The first-order valence-electron chi connectivity index (χ1n) is 7.93. The molecule has 0 bridgehead atoms. The van der Waals surface area contributed by atoms with Crippen molar-refractivity contribution in [2.75, 3.05) is 37.6 Å². The normalized spacial score (nSPS) is 16.2. The number of nitrogens with one attached hydrogen (secondary N) is 1. The Balaban J connectivity index is 2.01. The molecule has 2 rings (SSSR count). The summed E-state index contributed by atoms with van der Waals surface area (Å²) in [6, 6.07) is 8.04. The molecule has 1 fully saturated rings. The van der Waals surface area contributed by atoms with Crippen LogP contribution in [0.1, 0.15) is 25.3 Å². The molecule has 1 saturated heterocycles. The third kappa shape index (κ3) is 4.58. The van der Waals surface area contributed by atoms with Crippen molar-refractivity contribution in [1.82, 2.24) is 10.4 Å². The molecule has 0 radical (unpaired) electrons. The molecule has 120 valence electrons. The van der Waals surface area contributed by atoms with E-state index in [0.29, 0.717) is 0 Å². The first-order valence-corrected chi connectivity index (χ1v) is 7.93. The fourth-order valence-corrected chi connectivity index (χ4v) is 2.71. The summed E-state index contributed by atoms with van der Waals surface area (Å²) >= 11 is 0. The lowest BCUT2D eigenvalue weighted by molar-refractivity contribution is -0.124. The highest BCUT2D eigenvalue weighted by molar-refractivity contribution is 5.91. The van der Waals surface area contributed by atoms with Crippen LogP contribution in [0.25, 0.3) is 6.08 Å². The molecule has 5 heteroatoms. The second-order valence-electron chi connectivity index (χ2n) is 5.55. The summed E-state index contributed by atoms with van der Waals surface area (Å²) in [5.74, 6) is -0.515. The average molecular weight is 303 g/mol. The van der Waals surface area contributed by atoms with E-state index < -0.39 is 5.91 Å². The van der Waals surface area contributed by atoms with E-state index in [4.69, 9.17) is 5.21 Å². The summed E-state index contributed by atoms with van der Waals surface area (Å²) in [4.78, 5) is 16.0. The average Bonchev–Trinajstić information content (AvgIpc) is 2.58. The molecule has 0 spiro atoms. The number of piperazine rings is 1. The molecule has 1 heterocycles. The summed E-state index contributed by atoms with van der Waals surface area (Å²) in [5, 5.41) is 8.56. The van der Waals surface area contributed by atoms with Gasteiger partial charge in [-0.2, -0.15) is 0 Å². The van der Waals surface area contributed by atoms with Crippen LogP contribution in [0.5, 0.6) is 0 Å². The van der Waals surface area contributed by atoms with E-state index in [1.807, 2.05) is 18.2 Å². The number of carbonyl (C=O) groups excluding carboxylic acids is 1. The maximum atomic E-state index is 11.1. The van der Waals surface area contributed by atoms with Gasteiger partial charge in [-0.05, 0) is 30.7 Å². The third-order valence-corrected chi connectivity index (χ3v) is 4.00. The highest BCUT2D eigenvalue weighted by Gasteiger charge is 2.17. The number of benzene rings is 1. The monoisotopic (exact) mass is 303 g/mol. The van der Waals surface area contributed by atoms with Crippen LogP contribution in [0.15, 0.2) is 30.3 Å². The predicted molar refractivity (Wildman–Crippen MR) is 89.0 cm³/mol. The van der Waals surface area contributed by atoms with Crippen LogP contribution in [-0.2, 0) is 4.79 Å². The number of hydroxylamine groups is 1. The van der Waals surface area contributed by atoms with E-state index in [1.165, 1.54) is 25.5 Å². The Morgan fingerprint density at radius 2 is 2.00 bits per heavy atom. The van der Waals surface area contributed by atoms with Crippen LogP contribution in [0, 0.1) is 0 Å². The zero-order valence-corrected chi connectivity index (χ0v) is 13.2. The van der Waals surface area contributed by atoms with Gasteiger partial charge in [0.05, 0.1) is 0 Å². The van der Waals surface area contributed by atoms with Crippen molar-refractivity contribution < 1.29 is 10.0 Å². The first-order chi connectivity index (χ1) is 10.7. The number of rotatable bonds is 6. The minimum absolute atomic E-state index is 0.515. The molecule has 0 unspecified atom stereocenters.